The first-order chi connectivity index (χ1) is 12.0. The molecule has 0 amide bonds. The highest BCUT2D eigenvalue weighted by molar-refractivity contribution is 7.93. The van der Waals surface area contributed by atoms with Crippen LogP contribution in [0.1, 0.15) is 37.8 Å². The molecule has 1 aromatic heterocycles. The number of aromatic nitrogens is 2. The summed E-state index contributed by atoms with van der Waals surface area (Å²) in [7, 11) is -3.04. The summed E-state index contributed by atoms with van der Waals surface area (Å²) in [6.07, 6.45) is 7.61. The van der Waals surface area contributed by atoms with Crippen LogP contribution in [0.5, 0.6) is 6.01 Å². The van der Waals surface area contributed by atoms with E-state index in [4.69, 9.17) is 4.74 Å². The lowest BCUT2D eigenvalue weighted by Gasteiger charge is -2.50. The van der Waals surface area contributed by atoms with Gasteiger partial charge in [0.1, 0.15) is 4.75 Å². The van der Waals surface area contributed by atoms with Crippen LogP contribution in [-0.4, -0.2) is 60.0 Å². The second kappa shape index (κ2) is 6.50. The van der Waals surface area contributed by atoms with Crippen LogP contribution in [0, 0.1) is 18.8 Å². The molecule has 3 aliphatic rings. The van der Waals surface area contributed by atoms with Gasteiger partial charge in [0.2, 0.25) is 0 Å². The average Bonchev–Trinajstić information content (AvgIpc) is 3.12. The van der Waals surface area contributed by atoms with Gasteiger partial charge in [-0.05, 0) is 38.2 Å². The van der Waals surface area contributed by atoms with Gasteiger partial charge in [-0.3, -0.25) is 4.90 Å². The molecule has 0 aromatic carbocycles. The highest BCUT2D eigenvalue weighted by Crippen LogP contribution is 2.45. The molecule has 2 saturated heterocycles. The van der Waals surface area contributed by atoms with Gasteiger partial charge < -0.3 is 4.74 Å². The third kappa shape index (κ3) is 3.16. The summed E-state index contributed by atoms with van der Waals surface area (Å²) in [5.74, 6) is 1.09. The van der Waals surface area contributed by atoms with Crippen molar-refractivity contribution >= 4 is 9.84 Å². The molecule has 4 rings (SSSR count). The first kappa shape index (κ1) is 17.2. The number of sulfone groups is 1. The van der Waals surface area contributed by atoms with Gasteiger partial charge in [-0.1, -0.05) is 12.8 Å². The van der Waals surface area contributed by atoms with Gasteiger partial charge in [-0.2, -0.15) is 0 Å². The van der Waals surface area contributed by atoms with Crippen LogP contribution in [0.15, 0.2) is 12.3 Å². The Kier molecular flexibility index (Phi) is 4.48. The third-order valence-electron chi connectivity index (χ3n) is 6.26. The topological polar surface area (TPSA) is 72.4 Å². The fourth-order valence-electron chi connectivity index (χ4n) is 4.78. The van der Waals surface area contributed by atoms with E-state index in [1.165, 1.54) is 25.7 Å². The number of rotatable bonds is 5. The van der Waals surface area contributed by atoms with Gasteiger partial charge in [-0.25, -0.2) is 18.4 Å². The number of nitrogens with zero attached hydrogens (tertiary/aromatic N) is 3. The Balaban J connectivity index is 1.40. The monoisotopic (exact) mass is 365 g/mol. The lowest BCUT2D eigenvalue weighted by Crippen LogP contribution is -2.68. The summed E-state index contributed by atoms with van der Waals surface area (Å²) >= 11 is 0. The highest BCUT2D eigenvalue weighted by atomic mass is 32.2. The van der Waals surface area contributed by atoms with Crippen LogP contribution in [0.3, 0.4) is 0 Å². The molecule has 7 heteroatoms. The second-order valence-corrected chi connectivity index (χ2v) is 10.4. The quantitative estimate of drug-likeness (QED) is 0.793. The molecule has 3 fully saturated rings. The Bertz CT molecular complexity index is 725. The third-order valence-corrected chi connectivity index (χ3v) is 8.86. The van der Waals surface area contributed by atoms with Gasteiger partial charge in [0.25, 0.3) is 0 Å². The van der Waals surface area contributed by atoms with E-state index in [0.29, 0.717) is 32.1 Å². The van der Waals surface area contributed by atoms with Gasteiger partial charge in [0.15, 0.2) is 9.84 Å². The summed E-state index contributed by atoms with van der Waals surface area (Å²) in [4.78, 5) is 10.7. The van der Waals surface area contributed by atoms with E-state index in [1.54, 1.807) is 6.20 Å². The van der Waals surface area contributed by atoms with E-state index in [0.717, 1.165) is 18.2 Å². The van der Waals surface area contributed by atoms with Crippen molar-refractivity contribution in [2.24, 2.45) is 11.8 Å². The van der Waals surface area contributed by atoms with Gasteiger partial charge in [-0.15, -0.1) is 0 Å². The number of hydrogen-bond acceptors (Lipinski definition) is 6. The van der Waals surface area contributed by atoms with E-state index in [1.807, 2.05) is 13.0 Å². The standard InChI is InChI=1S/C18H27N3O3S/c1-14-6-8-19-17(20-14)24-11-16-7-9-25(22,23)18(16)12-21(13-18)10-15-4-2-3-5-15/h6,8,15-16H,2-5,7,9-13H2,1H3. The minimum atomic E-state index is -3.04. The van der Waals surface area contributed by atoms with Crippen molar-refractivity contribution in [1.82, 2.24) is 14.9 Å². The molecule has 0 bridgehead atoms. The lowest BCUT2D eigenvalue weighted by atomic mass is 9.83. The van der Waals surface area contributed by atoms with E-state index in [-0.39, 0.29) is 11.7 Å². The Morgan fingerprint density at radius 1 is 1.28 bits per heavy atom. The Morgan fingerprint density at radius 3 is 2.76 bits per heavy atom. The molecule has 1 unspecified atom stereocenters. The van der Waals surface area contributed by atoms with Crippen molar-refractivity contribution in [3.8, 4) is 6.01 Å². The predicted molar refractivity (Wildman–Crippen MR) is 95.3 cm³/mol. The molecule has 1 aliphatic carbocycles. The van der Waals surface area contributed by atoms with E-state index >= 15 is 0 Å². The van der Waals surface area contributed by atoms with Gasteiger partial charge >= 0.3 is 6.01 Å². The minimum absolute atomic E-state index is 0.0430. The zero-order valence-electron chi connectivity index (χ0n) is 14.9. The normalized spacial score (nSPS) is 28.3. The second-order valence-electron chi connectivity index (χ2n) is 7.98. The smallest absolute Gasteiger partial charge is 0.316 e. The Morgan fingerprint density at radius 2 is 2.04 bits per heavy atom. The van der Waals surface area contributed by atoms with Crippen LogP contribution in [0.25, 0.3) is 0 Å². The molecule has 0 radical (unpaired) electrons. The minimum Gasteiger partial charge on any atom is -0.463 e. The van der Waals surface area contributed by atoms with Gasteiger partial charge in [0, 0.05) is 37.4 Å². The molecule has 0 N–H and O–H groups in total. The molecule has 138 valence electrons. The molecule has 3 heterocycles. The Hall–Kier alpha value is -1.21. The zero-order valence-corrected chi connectivity index (χ0v) is 15.7. The van der Waals surface area contributed by atoms with Crippen molar-refractivity contribution in [2.75, 3.05) is 32.0 Å². The van der Waals surface area contributed by atoms with E-state index in [9.17, 15) is 8.42 Å². The van der Waals surface area contributed by atoms with Crippen molar-refractivity contribution in [1.29, 1.82) is 0 Å². The molecule has 1 aromatic rings. The van der Waals surface area contributed by atoms with Crippen LogP contribution < -0.4 is 4.74 Å². The first-order valence-electron chi connectivity index (χ1n) is 9.36. The van der Waals surface area contributed by atoms with Crippen LogP contribution in [0.4, 0.5) is 0 Å². The van der Waals surface area contributed by atoms with Crippen LogP contribution >= 0.6 is 0 Å². The zero-order chi connectivity index (χ0) is 17.5. The molecule has 25 heavy (non-hydrogen) atoms. The van der Waals surface area contributed by atoms with Crippen molar-refractivity contribution < 1.29 is 13.2 Å². The summed E-state index contributed by atoms with van der Waals surface area (Å²) in [6.45, 7) is 4.69. The summed E-state index contributed by atoms with van der Waals surface area (Å²) in [5, 5.41) is 0. The SMILES string of the molecule is Cc1ccnc(OCC2CCS(=O)(=O)C23CN(CC2CCCC2)C3)n1. The number of hydrogen-bond donors (Lipinski definition) is 0. The first-order valence-corrected chi connectivity index (χ1v) is 11.0. The molecule has 1 atom stereocenters. The molecule has 1 saturated carbocycles. The van der Waals surface area contributed by atoms with Gasteiger partial charge in [0.05, 0.1) is 12.4 Å². The summed E-state index contributed by atoms with van der Waals surface area (Å²) in [6, 6.07) is 2.17. The summed E-state index contributed by atoms with van der Waals surface area (Å²) < 4.78 is 30.6. The number of likely N-dealkylation sites (tertiary alicyclic amines) is 1. The maximum atomic E-state index is 12.7. The Labute approximate surface area is 149 Å². The lowest BCUT2D eigenvalue weighted by molar-refractivity contribution is 0.0513. The fraction of sp³-hybridized carbons (Fsp3) is 0.778. The van der Waals surface area contributed by atoms with Crippen molar-refractivity contribution in [3.63, 3.8) is 0 Å². The largest absolute Gasteiger partial charge is 0.463 e. The van der Waals surface area contributed by atoms with Crippen LogP contribution in [0.2, 0.25) is 0 Å². The molecule has 1 spiro atoms. The number of aryl methyl sites for hydroxylation is 1. The van der Waals surface area contributed by atoms with Crippen LogP contribution in [-0.2, 0) is 9.84 Å². The van der Waals surface area contributed by atoms with E-state index in [2.05, 4.69) is 14.9 Å². The van der Waals surface area contributed by atoms with E-state index < -0.39 is 14.6 Å². The number of ether oxygens (including phenoxy) is 1. The highest BCUT2D eigenvalue weighted by Gasteiger charge is 2.61. The van der Waals surface area contributed by atoms with Crippen molar-refractivity contribution in [2.45, 2.75) is 43.8 Å². The maximum absolute atomic E-state index is 12.7. The predicted octanol–water partition coefficient (Wildman–Crippen LogP) is 1.84. The van der Waals surface area contributed by atoms with Crippen molar-refractivity contribution in [3.05, 3.63) is 18.0 Å². The summed E-state index contributed by atoms with van der Waals surface area (Å²) in [5.41, 5.74) is 0.852. The average molecular weight is 365 g/mol. The molecule has 6 nitrogen and oxygen atoms in total. The maximum Gasteiger partial charge on any atom is 0.316 e. The molecular formula is C18H27N3O3S. The molecular weight excluding hydrogens is 338 g/mol. The fourth-order valence-corrected chi connectivity index (χ4v) is 7.23. The molecule has 2 aliphatic heterocycles.